The molecule has 0 aliphatic rings. The van der Waals surface area contributed by atoms with Crippen LogP contribution in [0.2, 0.25) is 0 Å². The van der Waals surface area contributed by atoms with Gasteiger partial charge in [0.2, 0.25) is 0 Å². The van der Waals surface area contributed by atoms with Crippen LogP contribution in [0, 0.1) is 17.4 Å². The maximum absolute atomic E-state index is 4.49. The lowest BCUT2D eigenvalue weighted by Crippen LogP contribution is -1.92. The lowest BCUT2D eigenvalue weighted by molar-refractivity contribution is 0.883. The van der Waals surface area contributed by atoms with Crippen LogP contribution in [0.3, 0.4) is 0 Å². The van der Waals surface area contributed by atoms with E-state index >= 15 is 0 Å². The molecule has 0 radical (unpaired) electrons. The third kappa shape index (κ3) is 1.35. The van der Waals surface area contributed by atoms with Crippen molar-refractivity contribution in [2.45, 2.75) is 13.8 Å². The van der Waals surface area contributed by atoms with E-state index in [1.165, 1.54) is 14.7 Å². The van der Waals surface area contributed by atoms with Gasteiger partial charge in [0.25, 0.3) is 0 Å². The number of benzene rings is 1. The zero-order chi connectivity index (χ0) is 9.59. The van der Waals surface area contributed by atoms with Crippen LogP contribution in [0.1, 0.15) is 11.4 Å². The first-order valence-corrected chi connectivity index (χ1v) is 5.26. The van der Waals surface area contributed by atoms with Crippen molar-refractivity contribution in [2.24, 2.45) is 7.05 Å². The highest BCUT2D eigenvalue weighted by Gasteiger charge is 2.06. The summed E-state index contributed by atoms with van der Waals surface area (Å²) in [4.78, 5) is 4.49. The molecule has 0 aliphatic heterocycles. The number of halogens is 1. The number of imidazole rings is 1. The van der Waals surface area contributed by atoms with Crippen molar-refractivity contribution in [3.05, 3.63) is 27.1 Å². The molecular weight excluding hydrogens is 275 g/mol. The number of aromatic nitrogens is 2. The van der Waals surface area contributed by atoms with Crippen LogP contribution in [0.4, 0.5) is 0 Å². The monoisotopic (exact) mass is 286 g/mol. The fraction of sp³-hybridized carbons (Fsp3) is 0.300. The average Bonchev–Trinajstić information content (AvgIpc) is 2.27. The van der Waals surface area contributed by atoms with Gasteiger partial charge in [-0.25, -0.2) is 4.98 Å². The predicted octanol–water partition coefficient (Wildman–Crippen LogP) is 2.79. The van der Waals surface area contributed by atoms with E-state index in [4.69, 9.17) is 0 Å². The van der Waals surface area contributed by atoms with E-state index < -0.39 is 0 Å². The summed E-state index contributed by atoms with van der Waals surface area (Å²) >= 11 is 2.33. The normalized spacial score (nSPS) is 11.1. The van der Waals surface area contributed by atoms with Crippen molar-refractivity contribution in [3.63, 3.8) is 0 Å². The van der Waals surface area contributed by atoms with Gasteiger partial charge in [-0.15, -0.1) is 0 Å². The Morgan fingerprint density at radius 2 is 2.00 bits per heavy atom. The zero-order valence-corrected chi connectivity index (χ0v) is 10.1. The number of aryl methyl sites for hydroxylation is 3. The van der Waals surface area contributed by atoms with E-state index in [9.17, 15) is 0 Å². The van der Waals surface area contributed by atoms with Gasteiger partial charge in [0.15, 0.2) is 0 Å². The lowest BCUT2D eigenvalue weighted by atomic mass is 10.2. The maximum atomic E-state index is 4.49. The minimum absolute atomic E-state index is 1.07. The smallest absolute Gasteiger partial charge is 0.106 e. The molecule has 3 heteroatoms. The van der Waals surface area contributed by atoms with Crippen LogP contribution in [0.25, 0.3) is 11.0 Å². The summed E-state index contributed by atoms with van der Waals surface area (Å²) in [7, 11) is 2.06. The van der Waals surface area contributed by atoms with E-state index in [0.29, 0.717) is 0 Å². The number of rotatable bonds is 0. The first-order valence-electron chi connectivity index (χ1n) is 4.19. The van der Waals surface area contributed by atoms with Gasteiger partial charge in [0.05, 0.1) is 11.0 Å². The average molecular weight is 286 g/mol. The van der Waals surface area contributed by atoms with Crippen LogP contribution in [-0.2, 0) is 7.05 Å². The number of fused-ring (bicyclic) bond motifs is 1. The van der Waals surface area contributed by atoms with Crippen LogP contribution >= 0.6 is 22.6 Å². The van der Waals surface area contributed by atoms with E-state index in [1.807, 2.05) is 6.92 Å². The quantitative estimate of drug-likeness (QED) is 0.681. The minimum Gasteiger partial charge on any atom is -0.331 e. The summed E-state index contributed by atoms with van der Waals surface area (Å²) in [6, 6.07) is 4.31. The molecule has 1 heterocycles. The molecule has 2 rings (SSSR count). The molecule has 2 aromatic rings. The van der Waals surface area contributed by atoms with Crippen molar-refractivity contribution in [1.29, 1.82) is 0 Å². The standard InChI is InChI=1S/C10H11IN2/c1-6-4-8(11)5-9-10(6)13(3)7(2)12-9/h4-5H,1-3H3. The minimum atomic E-state index is 1.07. The van der Waals surface area contributed by atoms with Crippen LogP contribution in [0.5, 0.6) is 0 Å². The second kappa shape index (κ2) is 2.97. The van der Waals surface area contributed by atoms with Crippen LogP contribution in [-0.4, -0.2) is 9.55 Å². The number of hydrogen-bond donors (Lipinski definition) is 0. The molecule has 0 aliphatic carbocycles. The highest BCUT2D eigenvalue weighted by atomic mass is 127. The topological polar surface area (TPSA) is 17.8 Å². The molecule has 0 saturated heterocycles. The molecule has 0 bridgehead atoms. The Labute approximate surface area is 91.1 Å². The number of nitrogens with zero attached hydrogens (tertiary/aromatic N) is 2. The van der Waals surface area contributed by atoms with Gasteiger partial charge in [-0.2, -0.15) is 0 Å². The summed E-state index contributed by atoms with van der Waals surface area (Å²) in [5.74, 6) is 1.07. The Balaban J connectivity index is 2.94. The van der Waals surface area contributed by atoms with Crippen molar-refractivity contribution in [1.82, 2.24) is 9.55 Å². The predicted molar refractivity (Wildman–Crippen MR) is 62.9 cm³/mol. The second-order valence-corrected chi connectivity index (χ2v) is 4.55. The van der Waals surface area contributed by atoms with Crippen molar-refractivity contribution < 1.29 is 0 Å². The van der Waals surface area contributed by atoms with E-state index in [1.54, 1.807) is 0 Å². The molecule has 1 aromatic heterocycles. The van der Waals surface area contributed by atoms with E-state index in [0.717, 1.165) is 11.3 Å². The molecule has 13 heavy (non-hydrogen) atoms. The molecular formula is C10H11IN2. The first-order chi connectivity index (χ1) is 6.09. The van der Waals surface area contributed by atoms with Crippen molar-refractivity contribution in [2.75, 3.05) is 0 Å². The molecule has 1 aromatic carbocycles. The van der Waals surface area contributed by atoms with Crippen LogP contribution in [0.15, 0.2) is 12.1 Å². The molecule has 0 amide bonds. The highest BCUT2D eigenvalue weighted by Crippen LogP contribution is 2.21. The summed E-state index contributed by atoms with van der Waals surface area (Å²) in [6.45, 7) is 4.16. The Bertz CT molecular complexity index is 471. The molecule has 2 nitrogen and oxygen atoms in total. The van der Waals surface area contributed by atoms with Gasteiger partial charge in [-0.05, 0) is 54.1 Å². The van der Waals surface area contributed by atoms with Gasteiger partial charge in [-0.1, -0.05) is 0 Å². The molecule has 0 N–H and O–H groups in total. The molecule has 0 unspecified atom stereocenters. The summed E-state index contributed by atoms with van der Waals surface area (Å²) in [5.41, 5.74) is 3.65. The summed E-state index contributed by atoms with van der Waals surface area (Å²) in [6.07, 6.45) is 0. The molecule has 0 saturated carbocycles. The second-order valence-electron chi connectivity index (χ2n) is 3.31. The lowest BCUT2D eigenvalue weighted by Gasteiger charge is -2.00. The molecule has 68 valence electrons. The highest BCUT2D eigenvalue weighted by molar-refractivity contribution is 14.1. The fourth-order valence-electron chi connectivity index (χ4n) is 1.65. The van der Waals surface area contributed by atoms with Gasteiger partial charge in [0, 0.05) is 10.6 Å². The fourth-order valence-corrected chi connectivity index (χ4v) is 2.41. The van der Waals surface area contributed by atoms with Gasteiger partial charge < -0.3 is 4.57 Å². The Morgan fingerprint density at radius 3 is 2.69 bits per heavy atom. The molecule has 0 spiro atoms. The van der Waals surface area contributed by atoms with Gasteiger partial charge >= 0.3 is 0 Å². The van der Waals surface area contributed by atoms with Crippen LogP contribution < -0.4 is 0 Å². The van der Waals surface area contributed by atoms with E-state index in [2.05, 4.69) is 58.2 Å². The van der Waals surface area contributed by atoms with Gasteiger partial charge in [0.1, 0.15) is 5.82 Å². The first kappa shape index (κ1) is 8.99. The summed E-state index contributed by atoms with van der Waals surface area (Å²) in [5, 5.41) is 0. The third-order valence-corrected chi connectivity index (χ3v) is 2.97. The third-order valence-electron chi connectivity index (χ3n) is 2.35. The number of hydrogen-bond acceptors (Lipinski definition) is 1. The Morgan fingerprint density at radius 1 is 1.31 bits per heavy atom. The van der Waals surface area contributed by atoms with Gasteiger partial charge in [-0.3, -0.25) is 0 Å². The largest absolute Gasteiger partial charge is 0.331 e. The molecule has 0 fully saturated rings. The SMILES string of the molecule is Cc1cc(I)cc2nc(C)n(C)c12. The Kier molecular flexibility index (Phi) is 2.06. The maximum Gasteiger partial charge on any atom is 0.106 e. The summed E-state index contributed by atoms with van der Waals surface area (Å²) < 4.78 is 3.39. The van der Waals surface area contributed by atoms with E-state index in [-0.39, 0.29) is 0 Å². The van der Waals surface area contributed by atoms with Crippen molar-refractivity contribution >= 4 is 33.6 Å². The Hall–Kier alpha value is -0.580. The zero-order valence-electron chi connectivity index (χ0n) is 7.93. The molecule has 0 atom stereocenters. The van der Waals surface area contributed by atoms with Crippen molar-refractivity contribution in [3.8, 4) is 0 Å².